The molecule has 90 valence electrons. The van der Waals surface area contributed by atoms with Gasteiger partial charge >= 0.3 is 0 Å². The molecule has 1 unspecified atom stereocenters. The Labute approximate surface area is 100 Å². The predicted octanol–water partition coefficient (Wildman–Crippen LogP) is 4.72. The molecule has 0 aromatic carbocycles. The summed E-state index contributed by atoms with van der Waals surface area (Å²) >= 11 is 0. The number of nitrogens with zero attached hydrogens (tertiary/aromatic N) is 1. The molecule has 0 bridgehead atoms. The average Bonchev–Trinajstić information content (AvgIpc) is 2.31. The van der Waals surface area contributed by atoms with Crippen LogP contribution in [0.2, 0.25) is 0 Å². The van der Waals surface area contributed by atoms with Crippen molar-refractivity contribution in [3.8, 4) is 0 Å². The molecule has 0 aliphatic heterocycles. The number of hydrogen-bond donors (Lipinski definition) is 0. The molecule has 0 radical (unpaired) electrons. The van der Waals surface area contributed by atoms with Crippen LogP contribution in [-0.4, -0.2) is 4.98 Å². The van der Waals surface area contributed by atoms with Crippen molar-refractivity contribution >= 4 is 0 Å². The van der Waals surface area contributed by atoms with Crippen molar-refractivity contribution in [3.05, 3.63) is 30.1 Å². The third-order valence-electron chi connectivity index (χ3n) is 3.51. The minimum Gasteiger partial charge on any atom is -0.265 e. The lowest BCUT2D eigenvalue weighted by molar-refractivity contribution is 0.378. The molecule has 0 spiro atoms. The average molecular weight is 219 g/mol. The Morgan fingerprint density at radius 2 is 1.69 bits per heavy atom. The molecule has 1 aromatic heterocycles. The summed E-state index contributed by atoms with van der Waals surface area (Å²) in [6.07, 6.45) is 11.7. The third-order valence-corrected chi connectivity index (χ3v) is 3.51. The second-order valence-electron chi connectivity index (χ2n) is 5.00. The van der Waals surface area contributed by atoms with Gasteiger partial charge in [-0.25, -0.2) is 0 Å². The molecule has 1 aromatic rings. The van der Waals surface area contributed by atoms with Gasteiger partial charge in [-0.15, -0.1) is 0 Å². The molecular weight excluding hydrogens is 194 g/mol. The van der Waals surface area contributed by atoms with Crippen molar-refractivity contribution in [3.63, 3.8) is 0 Å². The van der Waals surface area contributed by atoms with Gasteiger partial charge in [-0.3, -0.25) is 4.98 Å². The number of unbranched alkanes of at least 4 members (excludes halogenated alkanes) is 2. The lowest BCUT2D eigenvalue weighted by Crippen LogP contribution is -2.21. The van der Waals surface area contributed by atoms with Gasteiger partial charge in [0.15, 0.2) is 0 Å². The number of hydrogen-bond acceptors (Lipinski definition) is 1. The van der Waals surface area contributed by atoms with Gasteiger partial charge < -0.3 is 0 Å². The fourth-order valence-corrected chi connectivity index (χ4v) is 2.48. The quantitative estimate of drug-likeness (QED) is 0.605. The zero-order chi connectivity index (χ0) is 11.9. The molecule has 1 heteroatoms. The maximum absolute atomic E-state index is 4.12. The summed E-state index contributed by atoms with van der Waals surface area (Å²) in [7, 11) is 0. The van der Waals surface area contributed by atoms with Gasteiger partial charge in [0.2, 0.25) is 0 Å². The van der Waals surface area contributed by atoms with Gasteiger partial charge in [-0.2, -0.15) is 0 Å². The lowest BCUT2D eigenvalue weighted by atomic mass is 9.75. The maximum atomic E-state index is 4.12. The predicted molar refractivity (Wildman–Crippen MR) is 70.6 cm³/mol. The first-order valence-electron chi connectivity index (χ1n) is 6.63. The molecular formula is C15H25N. The molecule has 0 aliphatic carbocycles. The summed E-state index contributed by atoms with van der Waals surface area (Å²) in [6, 6.07) is 4.36. The van der Waals surface area contributed by atoms with Crippen LogP contribution in [-0.2, 0) is 5.41 Å². The highest BCUT2D eigenvalue weighted by Gasteiger charge is 2.24. The SMILES string of the molecule is CCCCCC(C)(CCC)c1ccncc1. The van der Waals surface area contributed by atoms with E-state index in [9.17, 15) is 0 Å². The minimum atomic E-state index is 0.354. The van der Waals surface area contributed by atoms with Crippen LogP contribution in [0.4, 0.5) is 0 Å². The summed E-state index contributed by atoms with van der Waals surface area (Å²) in [5.74, 6) is 0. The van der Waals surface area contributed by atoms with Gasteiger partial charge in [0.05, 0.1) is 0 Å². The first-order chi connectivity index (χ1) is 7.73. The molecule has 0 saturated carbocycles. The van der Waals surface area contributed by atoms with Crippen molar-refractivity contribution in [2.24, 2.45) is 0 Å². The fraction of sp³-hybridized carbons (Fsp3) is 0.667. The van der Waals surface area contributed by atoms with E-state index in [-0.39, 0.29) is 0 Å². The maximum Gasteiger partial charge on any atom is 0.0270 e. The van der Waals surface area contributed by atoms with E-state index < -0.39 is 0 Å². The minimum absolute atomic E-state index is 0.354. The first kappa shape index (κ1) is 13.2. The summed E-state index contributed by atoms with van der Waals surface area (Å²) in [6.45, 7) is 6.95. The number of aromatic nitrogens is 1. The number of rotatable bonds is 7. The lowest BCUT2D eigenvalue weighted by Gasteiger charge is -2.30. The highest BCUT2D eigenvalue weighted by atomic mass is 14.6. The van der Waals surface area contributed by atoms with Crippen LogP contribution in [0.5, 0.6) is 0 Å². The van der Waals surface area contributed by atoms with E-state index in [2.05, 4.69) is 37.9 Å². The van der Waals surface area contributed by atoms with Crippen molar-refractivity contribution in [2.75, 3.05) is 0 Å². The van der Waals surface area contributed by atoms with E-state index in [0.29, 0.717) is 5.41 Å². The molecule has 0 amide bonds. The highest BCUT2D eigenvalue weighted by Crippen LogP contribution is 2.34. The van der Waals surface area contributed by atoms with Crippen molar-refractivity contribution in [1.82, 2.24) is 4.98 Å². The van der Waals surface area contributed by atoms with Crippen LogP contribution < -0.4 is 0 Å². The van der Waals surface area contributed by atoms with Crippen molar-refractivity contribution < 1.29 is 0 Å². The summed E-state index contributed by atoms with van der Waals surface area (Å²) in [4.78, 5) is 4.12. The van der Waals surface area contributed by atoms with E-state index in [1.807, 2.05) is 12.4 Å². The highest BCUT2D eigenvalue weighted by molar-refractivity contribution is 5.21. The topological polar surface area (TPSA) is 12.9 Å². The molecule has 0 N–H and O–H groups in total. The van der Waals surface area contributed by atoms with Crippen LogP contribution in [0.1, 0.15) is 64.9 Å². The van der Waals surface area contributed by atoms with Gasteiger partial charge in [0, 0.05) is 12.4 Å². The third kappa shape index (κ3) is 3.62. The van der Waals surface area contributed by atoms with Gasteiger partial charge in [-0.1, -0.05) is 46.5 Å². The van der Waals surface area contributed by atoms with Crippen molar-refractivity contribution in [1.29, 1.82) is 0 Å². The second kappa shape index (κ2) is 6.67. The van der Waals surface area contributed by atoms with Crippen LogP contribution in [0.3, 0.4) is 0 Å². The van der Waals surface area contributed by atoms with Gasteiger partial charge in [-0.05, 0) is 36.0 Å². The molecule has 0 fully saturated rings. The molecule has 1 nitrogen and oxygen atoms in total. The smallest absolute Gasteiger partial charge is 0.0270 e. The zero-order valence-corrected chi connectivity index (χ0v) is 11.0. The Morgan fingerprint density at radius 3 is 2.25 bits per heavy atom. The zero-order valence-electron chi connectivity index (χ0n) is 11.0. The largest absolute Gasteiger partial charge is 0.265 e. The Bertz CT molecular complexity index is 281. The Hall–Kier alpha value is -0.850. The van der Waals surface area contributed by atoms with E-state index in [1.54, 1.807) is 0 Å². The van der Waals surface area contributed by atoms with Gasteiger partial charge in [0.25, 0.3) is 0 Å². The normalized spacial score (nSPS) is 14.7. The van der Waals surface area contributed by atoms with Crippen LogP contribution >= 0.6 is 0 Å². The first-order valence-corrected chi connectivity index (χ1v) is 6.63. The van der Waals surface area contributed by atoms with E-state index in [1.165, 1.54) is 44.1 Å². The monoisotopic (exact) mass is 219 g/mol. The van der Waals surface area contributed by atoms with Crippen LogP contribution in [0.25, 0.3) is 0 Å². The molecule has 16 heavy (non-hydrogen) atoms. The van der Waals surface area contributed by atoms with E-state index >= 15 is 0 Å². The molecule has 1 heterocycles. The molecule has 1 atom stereocenters. The standard InChI is InChI=1S/C15H25N/c1-4-6-7-11-15(3,10-5-2)14-8-12-16-13-9-14/h8-9,12-13H,4-7,10-11H2,1-3H3. The Morgan fingerprint density at radius 1 is 1.00 bits per heavy atom. The van der Waals surface area contributed by atoms with Gasteiger partial charge in [0.1, 0.15) is 0 Å². The van der Waals surface area contributed by atoms with Crippen LogP contribution in [0, 0.1) is 0 Å². The van der Waals surface area contributed by atoms with E-state index in [4.69, 9.17) is 0 Å². The fourth-order valence-electron chi connectivity index (χ4n) is 2.48. The molecule has 0 saturated heterocycles. The molecule has 1 rings (SSSR count). The summed E-state index contributed by atoms with van der Waals surface area (Å²) in [5, 5.41) is 0. The summed E-state index contributed by atoms with van der Waals surface area (Å²) in [5.41, 5.74) is 1.81. The van der Waals surface area contributed by atoms with E-state index in [0.717, 1.165) is 0 Å². The Balaban J connectivity index is 2.71. The molecule has 0 aliphatic rings. The van der Waals surface area contributed by atoms with Crippen LogP contribution in [0.15, 0.2) is 24.5 Å². The van der Waals surface area contributed by atoms with Crippen molar-refractivity contribution in [2.45, 2.75) is 64.7 Å². The number of pyridine rings is 1. The second-order valence-corrected chi connectivity index (χ2v) is 5.00. The Kier molecular flexibility index (Phi) is 5.51. The summed E-state index contributed by atoms with van der Waals surface area (Å²) < 4.78 is 0.